The number of aryl methyl sites for hydroxylation is 1. The van der Waals surface area contributed by atoms with Crippen LogP contribution in [0, 0.1) is 12.8 Å². The molecular formula is C26H32N4OS. The van der Waals surface area contributed by atoms with E-state index in [4.69, 9.17) is 12.2 Å². The van der Waals surface area contributed by atoms with Gasteiger partial charge in [-0.25, -0.2) is 0 Å². The quantitative estimate of drug-likeness (QED) is 0.679. The Morgan fingerprint density at radius 3 is 2.56 bits per heavy atom. The van der Waals surface area contributed by atoms with E-state index >= 15 is 0 Å². The summed E-state index contributed by atoms with van der Waals surface area (Å²) < 4.78 is 0. The van der Waals surface area contributed by atoms with Gasteiger partial charge in [0.05, 0.1) is 11.7 Å². The molecule has 168 valence electrons. The van der Waals surface area contributed by atoms with Crippen molar-refractivity contribution in [3.63, 3.8) is 0 Å². The Kier molecular flexibility index (Phi) is 5.91. The Labute approximate surface area is 196 Å². The van der Waals surface area contributed by atoms with Crippen molar-refractivity contribution in [2.45, 2.75) is 50.7 Å². The van der Waals surface area contributed by atoms with Crippen LogP contribution >= 0.6 is 12.2 Å². The Balaban J connectivity index is 1.26. The van der Waals surface area contributed by atoms with E-state index < -0.39 is 0 Å². The largest absolute Gasteiger partial charge is 0.349 e. The summed E-state index contributed by atoms with van der Waals surface area (Å²) in [6, 6.07) is 18.5. The zero-order valence-corrected chi connectivity index (χ0v) is 19.5. The molecule has 1 amide bonds. The molecule has 0 bridgehead atoms. The van der Waals surface area contributed by atoms with Gasteiger partial charge < -0.3 is 15.1 Å². The summed E-state index contributed by atoms with van der Waals surface area (Å²) >= 11 is 5.72. The van der Waals surface area contributed by atoms with Gasteiger partial charge >= 0.3 is 0 Å². The Morgan fingerprint density at radius 2 is 1.88 bits per heavy atom. The molecule has 2 aliphatic heterocycles. The fourth-order valence-corrected chi connectivity index (χ4v) is 5.39. The monoisotopic (exact) mass is 448 g/mol. The molecule has 2 N–H and O–H groups in total. The number of thiocarbonyl (C=S) groups is 1. The van der Waals surface area contributed by atoms with Crippen molar-refractivity contribution in [1.82, 2.24) is 15.1 Å². The standard InChI is InChI=1S/C26H32N4OS/c1-19-6-5-9-22(16-19)27-25(32)29-14-12-26(13-15-29)28-23(17-20-7-3-2-4-8-20)24(31)30(26)18-21-10-11-21/h2-9,16,21,23,28H,10-15,17-18H2,1H3,(H,27,32)/t23-/m0/s1. The summed E-state index contributed by atoms with van der Waals surface area (Å²) in [5.41, 5.74) is 3.21. The smallest absolute Gasteiger partial charge is 0.241 e. The number of likely N-dealkylation sites (tertiary alicyclic amines) is 1. The number of nitrogens with one attached hydrogen (secondary N) is 2. The number of anilines is 1. The van der Waals surface area contributed by atoms with E-state index in [1.807, 2.05) is 30.3 Å². The first kappa shape index (κ1) is 21.4. The third kappa shape index (κ3) is 4.52. The van der Waals surface area contributed by atoms with Crippen LogP contribution in [0.2, 0.25) is 0 Å². The molecule has 5 nitrogen and oxygen atoms in total. The zero-order chi connectivity index (χ0) is 22.1. The second-order valence-corrected chi connectivity index (χ2v) is 9.98. The highest BCUT2D eigenvalue weighted by atomic mass is 32.1. The number of piperidine rings is 1. The molecule has 1 spiro atoms. The Hall–Kier alpha value is -2.44. The number of benzene rings is 2. The molecule has 2 aromatic rings. The van der Waals surface area contributed by atoms with Gasteiger partial charge in [-0.1, -0.05) is 42.5 Å². The number of hydrogen-bond donors (Lipinski definition) is 2. The van der Waals surface area contributed by atoms with Crippen molar-refractivity contribution in [3.05, 3.63) is 65.7 Å². The summed E-state index contributed by atoms with van der Waals surface area (Å²) in [6.07, 6.45) is 5.04. The molecule has 1 aliphatic carbocycles. The number of carbonyl (C=O) groups excluding carboxylic acids is 1. The zero-order valence-electron chi connectivity index (χ0n) is 18.7. The third-order valence-electron chi connectivity index (χ3n) is 7.09. The van der Waals surface area contributed by atoms with Crippen LogP contribution in [0.25, 0.3) is 0 Å². The molecule has 5 rings (SSSR count). The van der Waals surface area contributed by atoms with Gasteiger partial charge in [-0.3, -0.25) is 10.1 Å². The van der Waals surface area contributed by atoms with Gasteiger partial charge in [-0.05, 0) is 67.6 Å². The van der Waals surface area contributed by atoms with Gasteiger partial charge in [0.15, 0.2) is 5.11 Å². The van der Waals surface area contributed by atoms with E-state index in [-0.39, 0.29) is 17.6 Å². The van der Waals surface area contributed by atoms with Gasteiger partial charge in [0.2, 0.25) is 5.91 Å². The lowest BCUT2D eigenvalue weighted by molar-refractivity contribution is -0.133. The molecule has 1 atom stereocenters. The molecule has 0 unspecified atom stereocenters. The van der Waals surface area contributed by atoms with Crippen molar-refractivity contribution < 1.29 is 4.79 Å². The lowest BCUT2D eigenvalue weighted by Gasteiger charge is -2.45. The highest BCUT2D eigenvalue weighted by Crippen LogP contribution is 2.38. The van der Waals surface area contributed by atoms with E-state index in [2.05, 4.69) is 51.6 Å². The van der Waals surface area contributed by atoms with Crippen LogP contribution in [0.4, 0.5) is 5.69 Å². The SMILES string of the molecule is Cc1cccc(NC(=S)N2CCC3(CC2)N[C@@H](Cc2ccccc2)C(=O)N3CC2CC2)c1. The molecule has 2 aromatic carbocycles. The minimum Gasteiger partial charge on any atom is -0.349 e. The van der Waals surface area contributed by atoms with E-state index in [1.54, 1.807) is 0 Å². The molecule has 0 aromatic heterocycles. The molecule has 0 radical (unpaired) electrons. The van der Waals surface area contributed by atoms with E-state index in [1.165, 1.54) is 24.0 Å². The molecule has 2 heterocycles. The Morgan fingerprint density at radius 1 is 1.12 bits per heavy atom. The predicted molar refractivity (Wildman–Crippen MR) is 132 cm³/mol. The van der Waals surface area contributed by atoms with Gasteiger partial charge in [0, 0.05) is 38.2 Å². The number of hydrogen-bond acceptors (Lipinski definition) is 3. The van der Waals surface area contributed by atoms with Gasteiger partial charge in [0.1, 0.15) is 0 Å². The van der Waals surface area contributed by atoms with Gasteiger partial charge in [-0.2, -0.15) is 0 Å². The topological polar surface area (TPSA) is 47.6 Å². The van der Waals surface area contributed by atoms with E-state index in [9.17, 15) is 4.79 Å². The normalized spacial score (nSPS) is 22.4. The fourth-order valence-electron chi connectivity index (χ4n) is 5.09. The maximum atomic E-state index is 13.4. The number of amides is 1. The molecule has 1 saturated carbocycles. The minimum absolute atomic E-state index is 0.139. The molecule has 32 heavy (non-hydrogen) atoms. The lowest BCUT2D eigenvalue weighted by atomic mass is 9.95. The minimum atomic E-state index is -0.241. The van der Waals surface area contributed by atoms with E-state index in [0.29, 0.717) is 5.92 Å². The van der Waals surface area contributed by atoms with Crippen molar-refractivity contribution in [2.24, 2.45) is 5.92 Å². The lowest BCUT2D eigenvalue weighted by Crippen LogP contribution is -2.60. The average Bonchev–Trinajstić information content (AvgIpc) is 3.58. The van der Waals surface area contributed by atoms with Crippen molar-refractivity contribution in [1.29, 1.82) is 0 Å². The molecular weight excluding hydrogens is 416 g/mol. The van der Waals surface area contributed by atoms with Crippen LogP contribution in [0.3, 0.4) is 0 Å². The molecule has 3 aliphatic rings. The maximum Gasteiger partial charge on any atom is 0.241 e. The predicted octanol–water partition coefficient (Wildman–Crippen LogP) is 3.94. The summed E-state index contributed by atoms with van der Waals surface area (Å²) in [6.45, 7) is 4.67. The first-order valence-corrected chi connectivity index (χ1v) is 12.2. The van der Waals surface area contributed by atoms with Gasteiger partial charge in [-0.15, -0.1) is 0 Å². The highest BCUT2D eigenvalue weighted by Gasteiger charge is 2.52. The number of carbonyl (C=O) groups is 1. The summed E-state index contributed by atoms with van der Waals surface area (Å²) in [4.78, 5) is 17.9. The van der Waals surface area contributed by atoms with Crippen LogP contribution in [-0.4, -0.2) is 52.2 Å². The maximum absolute atomic E-state index is 13.4. The second kappa shape index (κ2) is 8.83. The van der Waals surface area contributed by atoms with E-state index in [0.717, 1.165) is 49.7 Å². The van der Waals surface area contributed by atoms with Crippen molar-refractivity contribution in [3.8, 4) is 0 Å². The number of nitrogens with zero attached hydrogens (tertiary/aromatic N) is 2. The first-order chi connectivity index (χ1) is 15.5. The third-order valence-corrected chi connectivity index (χ3v) is 7.45. The van der Waals surface area contributed by atoms with Crippen LogP contribution < -0.4 is 10.6 Å². The average molecular weight is 449 g/mol. The summed E-state index contributed by atoms with van der Waals surface area (Å²) in [5, 5.41) is 7.95. The van der Waals surface area contributed by atoms with Crippen LogP contribution in [0.15, 0.2) is 54.6 Å². The van der Waals surface area contributed by atoms with Crippen molar-refractivity contribution in [2.75, 3.05) is 25.0 Å². The van der Waals surface area contributed by atoms with Gasteiger partial charge in [0.25, 0.3) is 0 Å². The summed E-state index contributed by atoms with van der Waals surface area (Å²) in [5.74, 6) is 0.949. The second-order valence-electron chi connectivity index (χ2n) is 9.60. The highest BCUT2D eigenvalue weighted by molar-refractivity contribution is 7.80. The molecule has 2 saturated heterocycles. The van der Waals surface area contributed by atoms with Crippen molar-refractivity contribution >= 4 is 28.9 Å². The Bertz CT molecular complexity index is 982. The molecule has 3 fully saturated rings. The first-order valence-electron chi connectivity index (χ1n) is 11.8. The van der Waals surface area contributed by atoms with Crippen LogP contribution in [0.5, 0.6) is 0 Å². The molecule has 6 heteroatoms. The fraction of sp³-hybridized carbons (Fsp3) is 0.462. The van der Waals surface area contributed by atoms with Crippen LogP contribution in [0.1, 0.15) is 36.8 Å². The van der Waals surface area contributed by atoms with Crippen LogP contribution in [-0.2, 0) is 11.2 Å². The summed E-state index contributed by atoms with van der Waals surface area (Å²) in [7, 11) is 0. The number of rotatable bonds is 5.